The summed E-state index contributed by atoms with van der Waals surface area (Å²) in [6, 6.07) is 10.4. The van der Waals surface area contributed by atoms with Crippen molar-refractivity contribution in [3.8, 4) is 0 Å². The molecule has 1 unspecified atom stereocenters. The van der Waals surface area contributed by atoms with Crippen LogP contribution in [0.15, 0.2) is 48.5 Å². The predicted octanol–water partition coefficient (Wildman–Crippen LogP) is 3.24. The van der Waals surface area contributed by atoms with Gasteiger partial charge in [0.15, 0.2) is 0 Å². The van der Waals surface area contributed by atoms with Crippen LogP contribution in [-0.4, -0.2) is 17.0 Å². The Balaban J connectivity index is 2.05. The fourth-order valence-electron chi connectivity index (χ4n) is 2.43. The van der Waals surface area contributed by atoms with Crippen molar-refractivity contribution < 1.29 is 28.0 Å². The molecule has 3 N–H and O–H groups in total. The Hall–Kier alpha value is -2.87. The number of benzene rings is 2. The average Bonchev–Trinajstić information content (AvgIpc) is 2.60. The molecule has 5 nitrogen and oxygen atoms in total. The highest BCUT2D eigenvalue weighted by Crippen LogP contribution is 2.29. The van der Waals surface area contributed by atoms with Gasteiger partial charge in [-0.05, 0) is 36.2 Å². The smallest absolute Gasteiger partial charge is 0.349 e. The van der Waals surface area contributed by atoms with Crippen LogP contribution in [0.2, 0.25) is 0 Å². The lowest BCUT2D eigenvalue weighted by Gasteiger charge is -2.15. The molecule has 0 bridgehead atoms. The molecule has 0 heterocycles. The number of nitrogens with one attached hydrogen (secondary N) is 2. The summed E-state index contributed by atoms with van der Waals surface area (Å²) in [4.78, 5) is 23.5. The second-order valence-corrected chi connectivity index (χ2v) is 5.73. The van der Waals surface area contributed by atoms with Gasteiger partial charge < -0.3 is 5.32 Å². The molecule has 0 fully saturated rings. The number of amides is 2. The zero-order chi connectivity index (χ0) is 19.3. The molecule has 0 aliphatic carbocycles. The summed E-state index contributed by atoms with van der Waals surface area (Å²) >= 11 is 0. The maximum Gasteiger partial charge on any atom is 0.416 e. The van der Waals surface area contributed by atoms with Gasteiger partial charge in [0.2, 0.25) is 5.91 Å². The van der Waals surface area contributed by atoms with E-state index < -0.39 is 29.6 Å². The highest BCUT2D eigenvalue weighted by molar-refractivity contribution is 5.93. The van der Waals surface area contributed by atoms with Gasteiger partial charge in [0.1, 0.15) is 0 Å². The summed E-state index contributed by atoms with van der Waals surface area (Å²) in [7, 11) is 0. The second-order valence-electron chi connectivity index (χ2n) is 5.73. The molecule has 0 aliphatic rings. The molecule has 138 valence electrons. The molecule has 8 heteroatoms. The first-order chi connectivity index (χ1) is 12.2. The largest absolute Gasteiger partial charge is 0.416 e. The first kappa shape index (κ1) is 19.5. The Morgan fingerprint density at radius 2 is 1.81 bits per heavy atom. The van der Waals surface area contributed by atoms with E-state index in [1.165, 1.54) is 29.7 Å². The predicted molar refractivity (Wildman–Crippen MR) is 87.4 cm³/mol. The Morgan fingerprint density at radius 3 is 2.46 bits per heavy atom. The van der Waals surface area contributed by atoms with Crippen LogP contribution in [0.4, 0.5) is 13.2 Å². The number of hydrogen-bond donors (Lipinski definition) is 3. The maximum atomic E-state index is 12.7. The third-order valence-electron chi connectivity index (χ3n) is 3.75. The molecule has 2 aromatic carbocycles. The monoisotopic (exact) mass is 366 g/mol. The fourth-order valence-corrected chi connectivity index (χ4v) is 2.43. The van der Waals surface area contributed by atoms with Crippen molar-refractivity contribution in [3.05, 3.63) is 70.8 Å². The minimum Gasteiger partial charge on any atom is -0.349 e. The minimum atomic E-state index is -4.46. The van der Waals surface area contributed by atoms with Crippen molar-refractivity contribution >= 4 is 11.8 Å². The Kier molecular flexibility index (Phi) is 5.99. The zero-order valence-electron chi connectivity index (χ0n) is 13.8. The van der Waals surface area contributed by atoms with Gasteiger partial charge in [-0.15, -0.1) is 0 Å². The molecule has 0 aliphatic heterocycles. The van der Waals surface area contributed by atoms with E-state index in [-0.39, 0.29) is 17.5 Å². The molecule has 1 atom stereocenters. The van der Waals surface area contributed by atoms with Crippen molar-refractivity contribution in [2.24, 2.45) is 0 Å². The van der Waals surface area contributed by atoms with E-state index in [2.05, 4.69) is 5.32 Å². The summed E-state index contributed by atoms with van der Waals surface area (Å²) in [6.45, 7) is 1.68. The van der Waals surface area contributed by atoms with Crippen molar-refractivity contribution in [3.63, 3.8) is 0 Å². The minimum absolute atomic E-state index is 0.203. The first-order valence-electron chi connectivity index (χ1n) is 7.70. The summed E-state index contributed by atoms with van der Waals surface area (Å²) in [5, 5.41) is 11.3. The molecule has 2 amide bonds. The molecule has 2 aromatic rings. The molecule has 0 spiro atoms. The molecule has 0 saturated carbocycles. The number of hydrogen-bond acceptors (Lipinski definition) is 3. The van der Waals surface area contributed by atoms with Crippen LogP contribution in [0.3, 0.4) is 0 Å². The van der Waals surface area contributed by atoms with E-state index in [1.54, 1.807) is 19.1 Å². The molecule has 26 heavy (non-hydrogen) atoms. The quantitative estimate of drug-likeness (QED) is 0.562. The van der Waals surface area contributed by atoms with Crippen LogP contribution >= 0.6 is 0 Å². The van der Waals surface area contributed by atoms with Crippen molar-refractivity contribution in [1.82, 2.24) is 10.8 Å². The maximum absolute atomic E-state index is 12.7. The Bertz CT molecular complexity index is 806. The lowest BCUT2D eigenvalue weighted by molar-refractivity contribution is -0.137. The van der Waals surface area contributed by atoms with Gasteiger partial charge >= 0.3 is 6.18 Å². The van der Waals surface area contributed by atoms with Crippen LogP contribution in [-0.2, 0) is 17.4 Å². The first-order valence-corrected chi connectivity index (χ1v) is 7.70. The number of carbonyl (C=O) groups excluding carboxylic acids is 2. The van der Waals surface area contributed by atoms with E-state index in [0.29, 0.717) is 5.56 Å². The van der Waals surface area contributed by atoms with Gasteiger partial charge in [-0.25, -0.2) is 5.48 Å². The summed E-state index contributed by atoms with van der Waals surface area (Å²) in [5.41, 5.74) is 1.79. The highest BCUT2D eigenvalue weighted by atomic mass is 19.4. The average molecular weight is 366 g/mol. The number of carbonyl (C=O) groups is 2. The lowest BCUT2D eigenvalue weighted by Crippen LogP contribution is -2.28. The van der Waals surface area contributed by atoms with Crippen molar-refractivity contribution in [1.29, 1.82) is 0 Å². The normalized spacial score (nSPS) is 12.3. The van der Waals surface area contributed by atoms with Crippen LogP contribution in [0.1, 0.15) is 40.0 Å². The fraction of sp³-hybridized carbons (Fsp3) is 0.222. The lowest BCUT2D eigenvalue weighted by atomic mass is 10.0. The zero-order valence-corrected chi connectivity index (χ0v) is 13.8. The summed E-state index contributed by atoms with van der Waals surface area (Å²) in [6.07, 6.45) is -4.67. The van der Waals surface area contributed by atoms with Gasteiger partial charge in [-0.3, -0.25) is 14.8 Å². The van der Waals surface area contributed by atoms with Gasteiger partial charge in [0, 0.05) is 5.56 Å². The Morgan fingerprint density at radius 1 is 1.12 bits per heavy atom. The number of alkyl halides is 3. The number of hydroxylamine groups is 1. The standard InChI is InChI=1S/C18H17F3N2O3/c1-11(13-5-3-6-14(10-13)17(25)23-26)22-16(24)9-12-4-2-7-15(8-12)18(19,20)21/h2-8,10-11,26H,9H2,1H3,(H,22,24)(H,23,25). The van der Waals surface area contributed by atoms with Gasteiger partial charge in [-0.2, -0.15) is 13.2 Å². The number of rotatable bonds is 5. The second kappa shape index (κ2) is 8.01. The van der Waals surface area contributed by atoms with E-state index >= 15 is 0 Å². The topological polar surface area (TPSA) is 78.4 Å². The molecular formula is C18H17F3N2O3. The molecule has 0 saturated heterocycles. The van der Waals surface area contributed by atoms with Gasteiger partial charge in [-0.1, -0.05) is 30.3 Å². The molecule has 2 rings (SSSR count). The van der Waals surface area contributed by atoms with E-state index in [1.807, 2.05) is 0 Å². The Labute approximate surface area is 147 Å². The third-order valence-corrected chi connectivity index (χ3v) is 3.75. The van der Waals surface area contributed by atoms with Gasteiger partial charge in [0.25, 0.3) is 5.91 Å². The summed E-state index contributed by atoms with van der Waals surface area (Å²) in [5.74, 6) is -1.14. The van der Waals surface area contributed by atoms with Crippen LogP contribution in [0, 0.1) is 0 Å². The van der Waals surface area contributed by atoms with E-state index in [0.717, 1.165) is 12.1 Å². The summed E-state index contributed by atoms with van der Waals surface area (Å²) < 4.78 is 38.2. The molecular weight excluding hydrogens is 349 g/mol. The number of halogens is 3. The van der Waals surface area contributed by atoms with Crippen LogP contribution in [0.25, 0.3) is 0 Å². The van der Waals surface area contributed by atoms with Gasteiger partial charge in [0.05, 0.1) is 18.0 Å². The van der Waals surface area contributed by atoms with E-state index in [9.17, 15) is 22.8 Å². The van der Waals surface area contributed by atoms with Crippen molar-refractivity contribution in [2.75, 3.05) is 0 Å². The SMILES string of the molecule is CC(NC(=O)Cc1cccc(C(F)(F)F)c1)c1cccc(C(=O)NO)c1. The molecule has 0 aromatic heterocycles. The van der Waals surface area contributed by atoms with Crippen LogP contribution < -0.4 is 10.8 Å². The highest BCUT2D eigenvalue weighted by Gasteiger charge is 2.30. The molecule has 0 radical (unpaired) electrons. The third kappa shape index (κ3) is 5.06. The van der Waals surface area contributed by atoms with Crippen LogP contribution in [0.5, 0.6) is 0 Å². The van der Waals surface area contributed by atoms with Crippen molar-refractivity contribution in [2.45, 2.75) is 25.6 Å². The van der Waals surface area contributed by atoms with E-state index in [4.69, 9.17) is 5.21 Å².